The van der Waals surface area contributed by atoms with Crippen molar-refractivity contribution >= 4 is 5.78 Å². The van der Waals surface area contributed by atoms with E-state index < -0.39 is 6.10 Å². The van der Waals surface area contributed by atoms with Crippen molar-refractivity contribution in [3.63, 3.8) is 0 Å². The van der Waals surface area contributed by atoms with Gasteiger partial charge < -0.3 is 4.74 Å². The van der Waals surface area contributed by atoms with Gasteiger partial charge in [-0.05, 0) is 18.6 Å². The first-order chi connectivity index (χ1) is 9.11. The quantitative estimate of drug-likeness (QED) is 0.826. The number of Topliss-reactive ketones (excluding diaryl/α,β-unsaturated/α-hetero) is 1. The highest BCUT2D eigenvalue weighted by molar-refractivity contribution is 5.86. The highest BCUT2D eigenvalue weighted by atomic mass is 16.5. The van der Waals surface area contributed by atoms with Crippen LogP contribution in [0.4, 0.5) is 0 Å². The van der Waals surface area contributed by atoms with Crippen LogP contribution in [0.25, 0.3) is 0 Å². The first-order valence-corrected chi connectivity index (χ1v) is 6.21. The van der Waals surface area contributed by atoms with Crippen LogP contribution < -0.4 is 0 Å². The standard InChI is InChI=1S/C15H18N2O2/c1-11-9-13(17(2)16-11)10-14(18)15(19-3)12-7-5-4-6-8-12/h4-9,15H,10H2,1-3H3. The predicted octanol–water partition coefficient (Wildman–Crippen LogP) is 2.23. The normalized spacial score (nSPS) is 12.4. The monoisotopic (exact) mass is 258 g/mol. The smallest absolute Gasteiger partial charge is 0.172 e. The molecule has 0 spiro atoms. The van der Waals surface area contributed by atoms with Crippen LogP contribution >= 0.6 is 0 Å². The summed E-state index contributed by atoms with van der Waals surface area (Å²) in [7, 11) is 3.41. The Kier molecular flexibility index (Phi) is 4.12. The topological polar surface area (TPSA) is 44.1 Å². The van der Waals surface area contributed by atoms with Gasteiger partial charge in [-0.2, -0.15) is 5.10 Å². The first-order valence-electron chi connectivity index (χ1n) is 6.21. The maximum absolute atomic E-state index is 12.3. The van der Waals surface area contributed by atoms with Crippen molar-refractivity contribution < 1.29 is 9.53 Å². The Morgan fingerprint density at radius 1 is 1.37 bits per heavy atom. The first kappa shape index (κ1) is 13.5. The number of rotatable bonds is 5. The van der Waals surface area contributed by atoms with E-state index in [0.29, 0.717) is 6.42 Å². The van der Waals surface area contributed by atoms with E-state index >= 15 is 0 Å². The zero-order valence-electron chi connectivity index (χ0n) is 11.5. The number of nitrogens with zero attached hydrogens (tertiary/aromatic N) is 2. The highest BCUT2D eigenvalue weighted by Gasteiger charge is 2.21. The van der Waals surface area contributed by atoms with Crippen LogP contribution in [-0.4, -0.2) is 22.7 Å². The summed E-state index contributed by atoms with van der Waals surface area (Å²) in [5.41, 5.74) is 2.70. The van der Waals surface area contributed by atoms with E-state index in [1.54, 1.807) is 11.8 Å². The van der Waals surface area contributed by atoms with Gasteiger partial charge in [0.15, 0.2) is 5.78 Å². The number of aryl methyl sites for hydroxylation is 2. The lowest BCUT2D eigenvalue weighted by atomic mass is 10.0. The molecule has 1 aromatic carbocycles. The Balaban J connectivity index is 2.16. The summed E-state index contributed by atoms with van der Waals surface area (Å²) >= 11 is 0. The summed E-state index contributed by atoms with van der Waals surface area (Å²) in [5, 5.41) is 4.25. The van der Waals surface area contributed by atoms with Gasteiger partial charge in [0.1, 0.15) is 6.10 Å². The number of carbonyl (C=O) groups is 1. The van der Waals surface area contributed by atoms with E-state index in [1.807, 2.05) is 50.4 Å². The number of benzene rings is 1. The number of hydrogen-bond donors (Lipinski definition) is 0. The van der Waals surface area contributed by atoms with Crippen molar-refractivity contribution in [2.24, 2.45) is 7.05 Å². The number of carbonyl (C=O) groups excluding carboxylic acids is 1. The highest BCUT2D eigenvalue weighted by Crippen LogP contribution is 2.19. The molecule has 1 heterocycles. The minimum atomic E-state index is -0.517. The van der Waals surface area contributed by atoms with Gasteiger partial charge in [0.25, 0.3) is 0 Å². The van der Waals surface area contributed by atoms with Gasteiger partial charge in [0.05, 0.1) is 12.1 Å². The molecule has 4 heteroatoms. The van der Waals surface area contributed by atoms with E-state index in [0.717, 1.165) is 17.0 Å². The van der Waals surface area contributed by atoms with E-state index in [-0.39, 0.29) is 5.78 Å². The van der Waals surface area contributed by atoms with E-state index in [2.05, 4.69) is 5.10 Å². The third-order valence-corrected chi connectivity index (χ3v) is 3.08. The molecule has 4 nitrogen and oxygen atoms in total. The molecule has 0 aliphatic heterocycles. The van der Waals surface area contributed by atoms with Crippen molar-refractivity contribution in [3.05, 3.63) is 53.3 Å². The minimum Gasteiger partial charge on any atom is -0.369 e. The SMILES string of the molecule is COC(C(=O)Cc1cc(C)nn1C)c1ccccc1. The van der Waals surface area contributed by atoms with Gasteiger partial charge in [-0.3, -0.25) is 9.48 Å². The summed E-state index contributed by atoms with van der Waals surface area (Å²) in [4.78, 5) is 12.3. The molecule has 0 radical (unpaired) electrons. The molecule has 0 amide bonds. The van der Waals surface area contributed by atoms with Crippen LogP contribution in [0.5, 0.6) is 0 Å². The molecule has 0 aliphatic rings. The van der Waals surface area contributed by atoms with Crippen LogP contribution in [0.1, 0.15) is 23.1 Å². The van der Waals surface area contributed by atoms with E-state index in [9.17, 15) is 4.79 Å². The van der Waals surface area contributed by atoms with E-state index in [1.165, 1.54) is 0 Å². The number of ether oxygens (including phenoxy) is 1. The fourth-order valence-corrected chi connectivity index (χ4v) is 2.18. The van der Waals surface area contributed by atoms with Gasteiger partial charge in [-0.15, -0.1) is 0 Å². The molecule has 1 unspecified atom stereocenters. The molecule has 19 heavy (non-hydrogen) atoms. The summed E-state index contributed by atoms with van der Waals surface area (Å²) in [6, 6.07) is 11.5. The lowest BCUT2D eigenvalue weighted by Crippen LogP contribution is -2.18. The van der Waals surface area contributed by atoms with Gasteiger partial charge in [0.2, 0.25) is 0 Å². The van der Waals surface area contributed by atoms with Crippen molar-refractivity contribution in [2.75, 3.05) is 7.11 Å². The molecule has 0 bridgehead atoms. The molecule has 100 valence electrons. The van der Waals surface area contributed by atoms with Crippen LogP contribution in [0, 0.1) is 6.92 Å². The van der Waals surface area contributed by atoms with Crippen molar-refractivity contribution in [1.82, 2.24) is 9.78 Å². The van der Waals surface area contributed by atoms with Crippen molar-refractivity contribution in [2.45, 2.75) is 19.4 Å². The fraction of sp³-hybridized carbons (Fsp3) is 0.333. The van der Waals surface area contributed by atoms with Gasteiger partial charge in [-0.1, -0.05) is 30.3 Å². The van der Waals surface area contributed by atoms with E-state index in [4.69, 9.17) is 4.74 Å². The van der Waals surface area contributed by atoms with Crippen LogP contribution in [0.3, 0.4) is 0 Å². The number of aromatic nitrogens is 2. The average Bonchev–Trinajstić information content (AvgIpc) is 2.70. The molecular weight excluding hydrogens is 240 g/mol. The summed E-state index contributed by atoms with van der Waals surface area (Å²) in [5.74, 6) is 0.0386. The molecule has 0 fully saturated rings. The lowest BCUT2D eigenvalue weighted by Gasteiger charge is -2.14. The Morgan fingerprint density at radius 3 is 2.58 bits per heavy atom. The van der Waals surface area contributed by atoms with Gasteiger partial charge >= 0.3 is 0 Å². The Labute approximate surface area is 113 Å². The van der Waals surface area contributed by atoms with Crippen molar-refractivity contribution in [1.29, 1.82) is 0 Å². The average molecular weight is 258 g/mol. The molecule has 0 saturated heterocycles. The Bertz CT molecular complexity index is 561. The second-order valence-electron chi connectivity index (χ2n) is 4.57. The second-order valence-corrected chi connectivity index (χ2v) is 4.57. The fourth-order valence-electron chi connectivity index (χ4n) is 2.18. The number of hydrogen-bond acceptors (Lipinski definition) is 3. The Morgan fingerprint density at radius 2 is 2.05 bits per heavy atom. The molecular formula is C15H18N2O2. The third-order valence-electron chi connectivity index (χ3n) is 3.08. The maximum Gasteiger partial charge on any atom is 0.172 e. The minimum absolute atomic E-state index is 0.0386. The number of ketones is 1. The molecule has 2 aromatic rings. The van der Waals surface area contributed by atoms with Gasteiger partial charge in [-0.25, -0.2) is 0 Å². The lowest BCUT2D eigenvalue weighted by molar-refractivity contribution is -0.128. The summed E-state index contributed by atoms with van der Waals surface area (Å²) < 4.78 is 7.08. The summed E-state index contributed by atoms with van der Waals surface area (Å²) in [6.07, 6.45) is -0.193. The molecule has 2 rings (SSSR count). The molecule has 0 N–H and O–H groups in total. The van der Waals surface area contributed by atoms with Crippen LogP contribution in [-0.2, 0) is 23.0 Å². The van der Waals surface area contributed by atoms with Crippen molar-refractivity contribution in [3.8, 4) is 0 Å². The molecule has 1 aromatic heterocycles. The zero-order valence-corrected chi connectivity index (χ0v) is 11.5. The predicted molar refractivity (Wildman–Crippen MR) is 72.8 cm³/mol. The number of methoxy groups -OCH3 is 1. The zero-order chi connectivity index (χ0) is 13.8. The molecule has 1 atom stereocenters. The largest absolute Gasteiger partial charge is 0.369 e. The second kappa shape index (κ2) is 5.80. The van der Waals surface area contributed by atoms with Gasteiger partial charge in [0, 0.05) is 19.9 Å². The summed E-state index contributed by atoms with van der Waals surface area (Å²) in [6.45, 7) is 1.92. The molecule has 0 aliphatic carbocycles. The van der Waals surface area contributed by atoms with Crippen LogP contribution in [0.2, 0.25) is 0 Å². The van der Waals surface area contributed by atoms with Crippen LogP contribution in [0.15, 0.2) is 36.4 Å². The third kappa shape index (κ3) is 3.09. The maximum atomic E-state index is 12.3. The molecule has 0 saturated carbocycles. The Hall–Kier alpha value is -1.94.